The fraction of sp³-hybridized carbons (Fsp3) is 0.600. The first-order valence-electron chi connectivity index (χ1n) is 5.03. The third-order valence-electron chi connectivity index (χ3n) is 1.93. The molecular formula is C10H17N3O3. The number of likely N-dealkylation sites (N-methyl/N-ethyl adjacent to an activating group) is 1. The summed E-state index contributed by atoms with van der Waals surface area (Å²) >= 11 is 0. The Balaban J connectivity index is 2.35. The van der Waals surface area contributed by atoms with Gasteiger partial charge in [-0.2, -0.15) is 0 Å². The molecule has 0 saturated carbocycles. The van der Waals surface area contributed by atoms with Crippen LogP contribution in [0.25, 0.3) is 0 Å². The number of amides is 1. The maximum atomic E-state index is 11.5. The van der Waals surface area contributed by atoms with Crippen LogP contribution in [0.4, 0.5) is 0 Å². The van der Waals surface area contributed by atoms with Crippen LogP contribution < -0.4 is 5.32 Å². The first-order valence-corrected chi connectivity index (χ1v) is 5.03. The van der Waals surface area contributed by atoms with Crippen molar-refractivity contribution in [3.05, 3.63) is 17.5 Å². The zero-order chi connectivity index (χ0) is 12.1. The van der Waals surface area contributed by atoms with Crippen molar-refractivity contribution in [2.24, 2.45) is 0 Å². The normalized spacial score (nSPS) is 12.8. The Kier molecular flexibility index (Phi) is 4.45. The van der Waals surface area contributed by atoms with Crippen LogP contribution in [0.3, 0.4) is 0 Å². The number of aromatic nitrogens is 1. The van der Waals surface area contributed by atoms with Crippen LogP contribution in [-0.4, -0.2) is 54.4 Å². The fourth-order valence-corrected chi connectivity index (χ4v) is 1.26. The van der Waals surface area contributed by atoms with Crippen LogP contribution in [0.5, 0.6) is 0 Å². The molecule has 0 spiro atoms. The molecule has 0 radical (unpaired) electrons. The number of rotatable bonds is 5. The molecule has 1 aromatic rings. The number of aryl methyl sites for hydroxylation is 1. The highest BCUT2D eigenvalue weighted by atomic mass is 16.5. The molecule has 16 heavy (non-hydrogen) atoms. The first-order chi connectivity index (χ1) is 7.49. The zero-order valence-corrected chi connectivity index (χ0v) is 9.73. The monoisotopic (exact) mass is 227 g/mol. The van der Waals surface area contributed by atoms with Crippen molar-refractivity contribution in [3.8, 4) is 0 Å². The molecule has 90 valence electrons. The molecule has 1 amide bonds. The molecule has 0 aromatic carbocycles. The minimum absolute atomic E-state index is 0.197. The molecule has 1 rings (SSSR count). The second-order valence-corrected chi connectivity index (χ2v) is 3.95. The molecule has 1 heterocycles. The van der Waals surface area contributed by atoms with Gasteiger partial charge in [0.1, 0.15) is 5.76 Å². The van der Waals surface area contributed by atoms with Crippen molar-refractivity contribution in [2.75, 3.05) is 27.2 Å². The number of hydrogen-bond donors (Lipinski definition) is 2. The lowest BCUT2D eigenvalue weighted by atomic mass is 10.3. The van der Waals surface area contributed by atoms with Gasteiger partial charge in [-0.05, 0) is 21.0 Å². The number of aliphatic hydroxyl groups is 1. The molecule has 2 N–H and O–H groups in total. The van der Waals surface area contributed by atoms with Crippen LogP contribution in [0.15, 0.2) is 10.6 Å². The topological polar surface area (TPSA) is 78.6 Å². The molecule has 0 aliphatic heterocycles. The molecule has 6 heteroatoms. The Morgan fingerprint density at radius 3 is 2.88 bits per heavy atom. The van der Waals surface area contributed by atoms with Gasteiger partial charge in [-0.25, -0.2) is 0 Å². The van der Waals surface area contributed by atoms with E-state index in [1.807, 2.05) is 19.0 Å². The third kappa shape index (κ3) is 4.00. The molecule has 1 atom stereocenters. The molecule has 1 aromatic heterocycles. The van der Waals surface area contributed by atoms with Gasteiger partial charge in [0.25, 0.3) is 5.91 Å². The number of carbonyl (C=O) groups excluding carboxylic acids is 1. The lowest BCUT2D eigenvalue weighted by Gasteiger charge is -2.15. The highest BCUT2D eigenvalue weighted by Crippen LogP contribution is 2.00. The van der Waals surface area contributed by atoms with Crippen molar-refractivity contribution >= 4 is 5.91 Å². The highest BCUT2D eigenvalue weighted by Gasteiger charge is 2.12. The van der Waals surface area contributed by atoms with Crippen molar-refractivity contribution in [2.45, 2.75) is 13.0 Å². The minimum Gasteiger partial charge on any atom is -0.390 e. The second-order valence-electron chi connectivity index (χ2n) is 3.95. The van der Waals surface area contributed by atoms with E-state index in [4.69, 9.17) is 4.52 Å². The summed E-state index contributed by atoms with van der Waals surface area (Å²) in [5.41, 5.74) is 0.231. The van der Waals surface area contributed by atoms with Gasteiger partial charge >= 0.3 is 0 Å². The fourth-order valence-electron chi connectivity index (χ4n) is 1.26. The Labute approximate surface area is 94.2 Å². The van der Waals surface area contributed by atoms with Gasteiger partial charge in [-0.3, -0.25) is 4.79 Å². The third-order valence-corrected chi connectivity index (χ3v) is 1.93. The summed E-state index contributed by atoms with van der Waals surface area (Å²) in [6, 6.07) is 1.55. The largest absolute Gasteiger partial charge is 0.390 e. The van der Waals surface area contributed by atoms with Gasteiger partial charge in [-0.15, -0.1) is 0 Å². The van der Waals surface area contributed by atoms with Crippen LogP contribution >= 0.6 is 0 Å². The van der Waals surface area contributed by atoms with Gasteiger partial charge in [0.2, 0.25) is 0 Å². The number of aliphatic hydroxyl groups excluding tert-OH is 1. The average molecular weight is 227 g/mol. The molecule has 0 aliphatic carbocycles. The summed E-state index contributed by atoms with van der Waals surface area (Å²) in [6.07, 6.45) is -0.591. The smallest absolute Gasteiger partial charge is 0.273 e. The predicted molar refractivity (Wildman–Crippen MR) is 58.1 cm³/mol. The Morgan fingerprint density at radius 2 is 2.38 bits per heavy atom. The van der Waals surface area contributed by atoms with E-state index in [1.54, 1.807) is 13.0 Å². The van der Waals surface area contributed by atoms with Gasteiger partial charge in [0.15, 0.2) is 5.69 Å². The van der Waals surface area contributed by atoms with Crippen molar-refractivity contribution in [1.29, 1.82) is 0 Å². The number of nitrogens with zero attached hydrogens (tertiary/aromatic N) is 2. The Bertz CT molecular complexity index is 349. The summed E-state index contributed by atoms with van der Waals surface area (Å²) < 4.78 is 4.78. The summed E-state index contributed by atoms with van der Waals surface area (Å²) in [4.78, 5) is 13.3. The summed E-state index contributed by atoms with van der Waals surface area (Å²) in [6.45, 7) is 2.41. The number of nitrogens with one attached hydrogen (secondary N) is 1. The summed E-state index contributed by atoms with van der Waals surface area (Å²) in [7, 11) is 3.71. The van der Waals surface area contributed by atoms with Crippen LogP contribution in [0.1, 0.15) is 16.2 Å². The molecule has 6 nitrogen and oxygen atoms in total. The van der Waals surface area contributed by atoms with Crippen LogP contribution in [0, 0.1) is 6.92 Å². The van der Waals surface area contributed by atoms with Gasteiger partial charge < -0.3 is 19.8 Å². The lowest BCUT2D eigenvalue weighted by molar-refractivity contribution is 0.0884. The van der Waals surface area contributed by atoms with Gasteiger partial charge in [-0.1, -0.05) is 5.16 Å². The van der Waals surface area contributed by atoms with Crippen molar-refractivity contribution < 1.29 is 14.4 Å². The maximum absolute atomic E-state index is 11.5. The summed E-state index contributed by atoms with van der Waals surface area (Å²) in [5, 5.41) is 15.7. The SMILES string of the molecule is Cc1cc(C(=O)NCC(O)CN(C)C)no1. The Hall–Kier alpha value is -1.40. The zero-order valence-electron chi connectivity index (χ0n) is 9.73. The van der Waals surface area contributed by atoms with Gasteiger partial charge in [0.05, 0.1) is 6.10 Å². The van der Waals surface area contributed by atoms with Gasteiger partial charge in [0, 0.05) is 19.2 Å². The van der Waals surface area contributed by atoms with E-state index in [9.17, 15) is 9.90 Å². The first kappa shape index (κ1) is 12.7. The predicted octanol–water partition coefficient (Wildman–Crippen LogP) is -0.365. The van der Waals surface area contributed by atoms with Crippen LogP contribution in [-0.2, 0) is 0 Å². The average Bonchev–Trinajstić information content (AvgIpc) is 2.60. The van der Waals surface area contributed by atoms with E-state index < -0.39 is 6.10 Å². The van der Waals surface area contributed by atoms with Crippen molar-refractivity contribution in [3.63, 3.8) is 0 Å². The minimum atomic E-state index is -0.591. The lowest BCUT2D eigenvalue weighted by Crippen LogP contribution is -2.37. The molecule has 0 fully saturated rings. The molecule has 0 saturated heterocycles. The number of hydrogen-bond acceptors (Lipinski definition) is 5. The van der Waals surface area contributed by atoms with Crippen LogP contribution in [0.2, 0.25) is 0 Å². The quantitative estimate of drug-likeness (QED) is 0.718. The van der Waals surface area contributed by atoms with E-state index in [0.29, 0.717) is 12.3 Å². The van der Waals surface area contributed by atoms with E-state index in [2.05, 4.69) is 10.5 Å². The van der Waals surface area contributed by atoms with E-state index in [-0.39, 0.29) is 18.1 Å². The standard InChI is InChI=1S/C10H17N3O3/c1-7-4-9(12-16-7)10(15)11-5-8(14)6-13(2)3/h4,8,14H,5-6H2,1-3H3,(H,11,15). The molecule has 0 aliphatic rings. The molecule has 0 bridgehead atoms. The molecule has 1 unspecified atom stereocenters. The van der Waals surface area contributed by atoms with E-state index in [1.165, 1.54) is 0 Å². The summed E-state index contributed by atoms with van der Waals surface area (Å²) in [5.74, 6) is 0.244. The Morgan fingerprint density at radius 1 is 1.69 bits per heavy atom. The molecular weight excluding hydrogens is 210 g/mol. The van der Waals surface area contributed by atoms with E-state index >= 15 is 0 Å². The second kappa shape index (κ2) is 5.62. The van der Waals surface area contributed by atoms with Crippen molar-refractivity contribution in [1.82, 2.24) is 15.4 Å². The maximum Gasteiger partial charge on any atom is 0.273 e. The highest BCUT2D eigenvalue weighted by molar-refractivity contribution is 5.92. The van der Waals surface area contributed by atoms with E-state index in [0.717, 1.165) is 0 Å². The number of carbonyl (C=O) groups is 1.